The molecule has 0 saturated carbocycles. The van der Waals surface area contributed by atoms with Crippen LogP contribution >= 0.6 is 0 Å². The van der Waals surface area contributed by atoms with Crippen LogP contribution in [0.4, 0.5) is 0 Å². The highest BCUT2D eigenvalue weighted by Crippen LogP contribution is 2.21. The van der Waals surface area contributed by atoms with E-state index in [9.17, 15) is 9.90 Å². The van der Waals surface area contributed by atoms with Gasteiger partial charge in [0.05, 0.1) is 6.10 Å². The highest BCUT2D eigenvalue weighted by Gasteiger charge is 2.26. The molecule has 1 aliphatic heterocycles. The van der Waals surface area contributed by atoms with Crippen LogP contribution in [0.2, 0.25) is 0 Å². The van der Waals surface area contributed by atoms with Crippen molar-refractivity contribution in [1.82, 2.24) is 4.90 Å². The van der Waals surface area contributed by atoms with Crippen molar-refractivity contribution in [1.29, 1.82) is 0 Å². The minimum atomic E-state index is -0.748. The molecule has 0 aromatic heterocycles. The molecule has 2 unspecified atom stereocenters. The number of carboxylic acid groups (broad SMARTS) is 1. The first-order chi connectivity index (χ1) is 15.1. The van der Waals surface area contributed by atoms with Gasteiger partial charge in [0.2, 0.25) is 0 Å². The number of carbonyl (C=O) groups is 1. The summed E-state index contributed by atoms with van der Waals surface area (Å²) in [5, 5.41) is 9.58. The van der Waals surface area contributed by atoms with Crippen molar-refractivity contribution in [3.63, 3.8) is 0 Å². The molecule has 1 N–H and O–H groups in total. The summed E-state index contributed by atoms with van der Waals surface area (Å²) in [5.41, 5.74) is 2.50. The van der Waals surface area contributed by atoms with Gasteiger partial charge in [-0.25, -0.2) is 0 Å². The Labute approximate surface area is 186 Å². The number of benzene rings is 2. The van der Waals surface area contributed by atoms with Gasteiger partial charge in [-0.15, -0.1) is 0 Å². The molecule has 0 aliphatic carbocycles. The first-order valence-electron chi connectivity index (χ1n) is 11.5. The van der Waals surface area contributed by atoms with Crippen molar-refractivity contribution in [3.8, 4) is 5.75 Å². The van der Waals surface area contributed by atoms with Gasteiger partial charge in [0.15, 0.2) is 0 Å². The van der Waals surface area contributed by atoms with Crippen LogP contribution in [-0.2, 0) is 22.4 Å². The predicted octanol–water partition coefficient (Wildman–Crippen LogP) is 4.58. The largest absolute Gasteiger partial charge is 0.491 e. The van der Waals surface area contributed by atoms with Crippen LogP contribution < -0.4 is 4.74 Å². The summed E-state index contributed by atoms with van der Waals surface area (Å²) < 4.78 is 11.9. The zero-order valence-corrected chi connectivity index (χ0v) is 18.5. The van der Waals surface area contributed by atoms with Crippen LogP contribution in [0, 0.1) is 0 Å². The maximum atomic E-state index is 11.7. The van der Waals surface area contributed by atoms with Crippen LogP contribution in [0.5, 0.6) is 5.75 Å². The van der Waals surface area contributed by atoms with Gasteiger partial charge in [-0.1, -0.05) is 55.0 Å². The number of aliphatic carboxylic acids is 1. The Morgan fingerprint density at radius 1 is 1.00 bits per heavy atom. The van der Waals surface area contributed by atoms with Crippen LogP contribution in [0.1, 0.15) is 43.7 Å². The number of aryl methyl sites for hydroxylation is 2. The summed E-state index contributed by atoms with van der Waals surface area (Å²) >= 11 is 0. The molecule has 3 rings (SSSR count). The van der Waals surface area contributed by atoms with Gasteiger partial charge in [0, 0.05) is 6.61 Å². The number of hydrogen-bond acceptors (Lipinski definition) is 4. The van der Waals surface area contributed by atoms with Crippen molar-refractivity contribution in [2.45, 2.75) is 57.6 Å². The fourth-order valence-corrected chi connectivity index (χ4v) is 4.10. The second-order valence-electron chi connectivity index (χ2n) is 8.33. The molecule has 2 atom stereocenters. The molecular formula is C26H35NO4. The van der Waals surface area contributed by atoms with Gasteiger partial charge in [0.25, 0.3) is 0 Å². The molecule has 5 nitrogen and oxygen atoms in total. The molecule has 0 spiro atoms. The molecule has 1 saturated heterocycles. The Hall–Kier alpha value is -2.37. The lowest BCUT2D eigenvalue weighted by atomic mass is 10.0. The third kappa shape index (κ3) is 7.67. The average molecular weight is 426 g/mol. The number of ether oxygens (including phenoxy) is 2. The SMILES string of the molecule is CC(COc1ccccc1CCc1ccccc1)OCCC(C(=O)O)N1CCCCC1. The molecule has 0 radical (unpaired) electrons. The number of carboxylic acids is 1. The fourth-order valence-electron chi connectivity index (χ4n) is 4.10. The molecule has 5 heteroatoms. The lowest BCUT2D eigenvalue weighted by Gasteiger charge is -2.32. The Kier molecular flexibility index (Phi) is 9.38. The van der Waals surface area contributed by atoms with Gasteiger partial charge in [-0.3, -0.25) is 9.69 Å². The van der Waals surface area contributed by atoms with Crippen molar-refractivity contribution >= 4 is 5.97 Å². The van der Waals surface area contributed by atoms with Crippen molar-refractivity contribution < 1.29 is 19.4 Å². The van der Waals surface area contributed by atoms with Crippen molar-refractivity contribution in [2.75, 3.05) is 26.3 Å². The summed E-state index contributed by atoms with van der Waals surface area (Å²) in [4.78, 5) is 13.7. The van der Waals surface area contributed by atoms with Crippen LogP contribution in [0.3, 0.4) is 0 Å². The number of piperidine rings is 1. The van der Waals surface area contributed by atoms with Crippen LogP contribution in [-0.4, -0.2) is 54.4 Å². The Bertz CT molecular complexity index is 789. The van der Waals surface area contributed by atoms with Crippen LogP contribution in [0.15, 0.2) is 54.6 Å². The molecule has 1 fully saturated rings. The minimum absolute atomic E-state index is 0.0991. The normalized spacial score (nSPS) is 16.5. The first kappa shape index (κ1) is 23.3. The van der Waals surface area contributed by atoms with Crippen LogP contribution in [0.25, 0.3) is 0 Å². The van der Waals surface area contributed by atoms with E-state index in [0.29, 0.717) is 19.6 Å². The zero-order valence-electron chi connectivity index (χ0n) is 18.5. The Balaban J connectivity index is 1.43. The number of hydrogen-bond donors (Lipinski definition) is 1. The smallest absolute Gasteiger partial charge is 0.321 e. The monoisotopic (exact) mass is 425 g/mol. The molecule has 1 aliphatic rings. The highest BCUT2D eigenvalue weighted by atomic mass is 16.5. The summed E-state index contributed by atoms with van der Waals surface area (Å²) in [6.45, 7) is 4.59. The van der Waals surface area contributed by atoms with Crippen molar-refractivity contribution in [2.24, 2.45) is 0 Å². The highest BCUT2D eigenvalue weighted by molar-refractivity contribution is 5.73. The minimum Gasteiger partial charge on any atom is -0.491 e. The predicted molar refractivity (Wildman–Crippen MR) is 123 cm³/mol. The van der Waals surface area contributed by atoms with E-state index in [1.54, 1.807) is 0 Å². The van der Waals surface area contributed by atoms with E-state index in [4.69, 9.17) is 9.47 Å². The molecule has 31 heavy (non-hydrogen) atoms. The second kappa shape index (κ2) is 12.5. The fraction of sp³-hybridized carbons (Fsp3) is 0.500. The summed E-state index contributed by atoms with van der Waals surface area (Å²) in [7, 11) is 0. The van der Waals surface area contributed by atoms with E-state index in [-0.39, 0.29) is 6.10 Å². The summed E-state index contributed by atoms with van der Waals surface area (Å²) in [6.07, 6.45) is 5.66. The van der Waals surface area contributed by atoms with E-state index < -0.39 is 12.0 Å². The molecule has 0 amide bonds. The molecule has 2 aromatic carbocycles. The standard InChI is InChI=1S/C26H35NO4/c1-21(30-19-16-24(26(28)29)27-17-8-3-9-18-27)20-31-25-13-7-6-12-23(25)15-14-22-10-4-2-5-11-22/h2,4-7,10-13,21,24H,3,8-9,14-20H2,1H3,(H,28,29). The maximum Gasteiger partial charge on any atom is 0.321 e. The number of rotatable bonds is 12. The third-order valence-corrected chi connectivity index (χ3v) is 5.88. The second-order valence-corrected chi connectivity index (χ2v) is 8.33. The van der Waals surface area contributed by atoms with E-state index >= 15 is 0 Å². The molecule has 0 bridgehead atoms. The molecular weight excluding hydrogens is 390 g/mol. The first-order valence-corrected chi connectivity index (χ1v) is 11.5. The lowest BCUT2D eigenvalue weighted by molar-refractivity contribution is -0.144. The van der Waals surface area contributed by atoms with Gasteiger partial charge in [-0.05, 0) is 69.3 Å². The molecule has 168 valence electrons. The summed E-state index contributed by atoms with van der Waals surface area (Å²) in [6, 6.07) is 18.2. The Morgan fingerprint density at radius 3 is 2.45 bits per heavy atom. The van der Waals surface area contributed by atoms with Gasteiger partial charge in [-0.2, -0.15) is 0 Å². The zero-order chi connectivity index (χ0) is 21.9. The van der Waals surface area contributed by atoms with E-state index in [1.807, 2.05) is 31.2 Å². The quantitative estimate of drug-likeness (QED) is 0.539. The van der Waals surface area contributed by atoms with Gasteiger partial charge in [0.1, 0.15) is 18.4 Å². The topological polar surface area (TPSA) is 59.0 Å². The maximum absolute atomic E-state index is 11.7. The lowest BCUT2D eigenvalue weighted by Crippen LogP contribution is -2.44. The summed E-state index contributed by atoms with van der Waals surface area (Å²) in [5.74, 6) is 0.146. The molecule has 1 heterocycles. The van der Waals surface area contributed by atoms with Gasteiger partial charge < -0.3 is 14.6 Å². The number of para-hydroxylation sites is 1. The third-order valence-electron chi connectivity index (χ3n) is 5.88. The number of nitrogens with zero attached hydrogens (tertiary/aromatic N) is 1. The van der Waals surface area contributed by atoms with Crippen molar-refractivity contribution in [3.05, 3.63) is 65.7 Å². The van der Waals surface area contributed by atoms with Gasteiger partial charge >= 0.3 is 5.97 Å². The average Bonchev–Trinajstić information content (AvgIpc) is 2.80. The van der Waals surface area contributed by atoms with E-state index in [1.165, 1.54) is 17.5 Å². The number of likely N-dealkylation sites (tertiary alicyclic amines) is 1. The molecule has 2 aromatic rings. The Morgan fingerprint density at radius 2 is 1.71 bits per heavy atom. The van der Waals surface area contributed by atoms with E-state index in [2.05, 4.69) is 35.2 Å². The van der Waals surface area contributed by atoms with E-state index in [0.717, 1.165) is 44.5 Å².